The topological polar surface area (TPSA) is 38.9 Å². The number of halogens is 1. The van der Waals surface area contributed by atoms with E-state index in [9.17, 15) is 0 Å². The second-order valence-corrected chi connectivity index (χ2v) is 3.92. The fraction of sp³-hybridized carbons (Fsp3) is 0.154. The van der Waals surface area contributed by atoms with Crippen molar-refractivity contribution in [2.24, 2.45) is 0 Å². The molecule has 2 nitrogen and oxygen atoms in total. The summed E-state index contributed by atoms with van der Waals surface area (Å²) in [7, 11) is 0. The minimum Gasteiger partial charge on any atom is -0.384 e. The number of benzene rings is 1. The lowest BCUT2D eigenvalue weighted by Gasteiger charge is -2.07. The number of pyridine rings is 1. The van der Waals surface area contributed by atoms with Crippen molar-refractivity contribution in [2.75, 3.05) is 11.6 Å². The normalized spacial score (nSPS) is 10.3. The van der Waals surface area contributed by atoms with Gasteiger partial charge in [0.2, 0.25) is 0 Å². The van der Waals surface area contributed by atoms with Crippen LogP contribution in [0.2, 0.25) is 0 Å². The van der Waals surface area contributed by atoms with Crippen molar-refractivity contribution < 1.29 is 0 Å². The summed E-state index contributed by atoms with van der Waals surface area (Å²) in [5.74, 6) is 1.15. The third-order valence-electron chi connectivity index (χ3n) is 2.43. The Morgan fingerprint density at radius 1 is 1.06 bits per heavy atom. The molecule has 0 aliphatic heterocycles. The number of hydrogen-bond donors (Lipinski definition) is 1. The van der Waals surface area contributed by atoms with Gasteiger partial charge in [-0.1, -0.05) is 30.3 Å². The quantitative estimate of drug-likeness (QED) is 0.826. The minimum absolute atomic E-state index is 0.540. The van der Waals surface area contributed by atoms with Crippen molar-refractivity contribution in [1.82, 2.24) is 4.98 Å². The van der Waals surface area contributed by atoms with Gasteiger partial charge in [0.05, 0.1) is 5.69 Å². The summed E-state index contributed by atoms with van der Waals surface area (Å²) in [6.45, 7) is 0. The molecule has 0 atom stereocenters. The van der Waals surface area contributed by atoms with Crippen molar-refractivity contribution in [3.63, 3.8) is 0 Å². The van der Waals surface area contributed by atoms with Gasteiger partial charge in [-0.15, -0.1) is 11.6 Å². The molecular formula is C13H13ClN2. The van der Waals surface area contributed by atoms with E-state index in [1.807, 2.05) is 30.3 Å². The molecule has 0 aliphatic carbocycles. The summed E-state index contributed by atoms with van der Waals surface area (Å²) in [5, 5.41) is 0. The lowest BCUT2D eigenvalue weighted by atomic mass is 10.0. The monoisotopic (exact) mass is 232 g/mol. The molecule has 2 aromatic rings. The number of nitrogen functional groups attached to an aromatic ring is 1. The minimum atomic E-state index is 0.540. The lowest BCUT2D eigenvalue weighted by Crippen LogP contribution is -1.95. The summed E-state index contributed by atoms with van der Waals surface area (Å²) in [6, 6.07) is 13.8. The Bertz CT molecular complexity index is 483. The number of nitrogens with zero attached hydrogens (tertiary/aromatic N) is 1. The summed E-state index contributed by atoms with van der Waals surface area (Å²) in [6.07, 6.45) is 0.841. The molecule has 0 fully saturated rings. The van der Waals surface area contributed by atoms with Crippen LogP contribution in [0.25, 0.3) is 11.3 Å². The Morgan fingerprint density at radius 2 is 1.88 bits per heavy atom. The van der Waals surface area contributed by atoms with Crippen LogP contribution in [-0.2, 0) is 6.42 Å². The molecule has 16 heavy (non-hydrogen) atoms. The predicted molar refractivity (Wildman–Crippen MR) is 68.5 cm³/mol. The highest BCUT2D eigenvalue weighted by Gasteiger charge is 2.05. The number of nitrogens with two attached hydrogens (primary N) is 1. The SMILES string of the molecule is Nc1cccc(-c2ccccc2CCCl)n1. The zero-order valence-electron chi connectivity index (χ0n) is 8.86. The molecule has 1 aromatic heterocycles. The van der Waals surface area contributed by atoms with E-state index in [2.05, 4.69) is 11.1 Å². The molecule has 0 amide bonds. The smallest absolute Gasteiger partial charge is 0.124 e. The van der Waals surface area contributed by atoms with E-state index >= 15 is 0 Å². The number of aryl methyl sites for hydroxylation is 1. The van der Waals surface area contributed by atoms with Crippen LogP contribution in [0, 0.1) is 0 Å². The lowest BCUT2D eigenvalue weighted by molar-refractivity contribution is 1.14. The van der Waals surface area contributed by atoms with E-state index in [0.29, 0.717) is 11.7 Å². The Balaban J connectivity index is 2.46. The highest BCUT2D eigenvalue weighted by atomic mass is 35.5. The molecule has 2 N–H and O–H groups in total. The fourth-order valence-corrected chi connectivity index (χ4v) is 1.90. The molecule has 0 saturated heterocycles. The Hall–Kier alpha value is -1.54. The molecule has 0 radical (unpaired) electrons. The number of anilines is 1. The van der Waals surface area contributed by atoms with Crippen molar-refractivity contribution in [1.29, 1.82) is 0 Å². The Kier molecular flexibility index (Phi) is 3.42. The molecular weight excluding hydrogens is 220 g/mol. The highest BCUT2D eigenvalue weighted by molar-refractivity contribution is 6.18. The van der Waals surface area contributed by atoms with Crippen LogP contribution < -0.4 is 5.73 Å². The van der Waals surface area contributed by atoms with Gasteiger partial charge in [0.15, 0.2) is 0 Å². The zero-order valence-corrected chi connectivity index (χ0v) is 9.61. The van der Waals surface area contributed by atoms with E-state index in [4.69, 9.17) is 17.3 Å². The van der Waals surface area contributed by atoms with Crippen LogP contribution in [0.15, 0.2) is 42.5 Å². The summed E-state index contributed by atoms with van der Waals surface area (Å²) in [5.41, 5.74) is 8.90. The third-order valence-corrected chi connectivity index (χ3v) is 2.62. The zero-order chi connectivity index (χ0) is 11.4. The number of rotatable bonds is 3. The average molecular weight is 233 g/mol. The molecule has 1 aromatic carbocycles. The fourth-order valence-electron chi connectivity index (χ4n) is 1.69. The van der Waals surface area contributed by atoms with Gasteiger partial charge in [-0.25, -0.2) is 4.98 Å². The molecule has 0 spiro atoms. The Labute approximate surface area is 100 Å². The highest BCUT2D eigenvalue weighted by Crippen LogP contribution is 2.23. The summed E-state index contributed by atoms with van der Waals surface area (Å²) >= 11 is 5.78. The second kappa shape index (κ2) is 4.99. The maximum Gasteiger partial charge on any atom is 0.124 e. The third kappa shape index (κ3) is 2.34. The molecule has 0 unspecified atom stereocenters. The maximum absolute atomic E-state index is 5.78. The first-order valence-electron chi connectivity index (χ1n) is 5.18. The van der Waals surface area contributed by atoms with Crippen molar-refractivity contribution in [3.05, 3.63) is 48.0 Å². The van der Waals surface area contributed by atoms with Crippen molar-refractivity contribution in [2.45, 2.75) is 6.42 Å². The van der Waals surface area contributed by atoms with Crippen LogP contribution in [0.1, 0.15) is 5.56 Å². The van der Waals surface area contributed by atoms with Gasteiger partial charge in [0.25, 0.3) is 0 Å². The van der Waals surface area contributed by atoms with Gasteiger partial charge < -0.3 is 5.73 Å². The first-order chi connectivity index (χ1) is 7.81. The molecule has 3 heteroatoms. The van der Waals surface area contributed by atoms with Crippen LogP contribution in [0.3, 0.4) is 0 Å². The van der Waals surface area contributed by atoms with Gasteiger partial charge in [0, 0.05) is 11.4 Å². The van der Waals surface area contributed by atoms with Crippen LogP contribution in [0.4, 0.5) is 5.82 Å². The van der Waals surface area contributed by atoms with E-state index < -0.39 is 0 Å². The van der Waals surface area contributed by atoms with Crippen LogP contribution in [0.5, 0.6) is 0 Å². The number of alkyl halides is 1. The van der Waals surface area contributed by atoms with Gasteiger partial charge in [-0.3, -0.25) is 0 Å². The largest absolute Gasteiger partial charge is 0.384 e. The molecule has 0 aliphatic rings. The summed E-state index contributed by atoms with van der Waals surface area (Å²) < 4.78 is 0. The van der Waals surface area contributed by atoms with Gasteiger partial charge >= 0.3 is 0 Å². The first kappa shape index (κ1) is 11.0. The van der Waals surface area contributed by atoms with E-state index in [0.717, 1.165) is 17.7 Å². The van der Waals surface area contributed by atoms with Crippen molar-refractivity contribution in [3.8, 4) is 11.3 Å². The molecule has 0 saturated carbocycles. The number of aromatic nitrogens is 1. The molecule has 2 rings (SSSR count). The molecule has 0 bridgehead atoms. The van der Waals surface area contributed by atoms with Crippen molar-refractivity contribution >= 4 is 17.4 Å². The maximum atomic E-state index is 5.78. The second-order valence-electron chi connectivity index (χ2n) is 3.54. The standard InChI is InChI=1S/C13H13ClN2/c14-9-8-10-4-1-2-5-11(10)12-6-3-7-13(15)16-12/h1-7H,8-9H2,(H2,15,16). The van der Waals surface area contributed by atoms with E-state index in [-0.39, 0.29) is 0 Å². The molecule has 82 valence electrons. The van der Waals surface area contributed by atoms with Gasteiger partial charge in [-0.05, 0) is 24.1 Å². The van der Waals surface area contributed by atoms with E-state index in [1.54, 1.807) is 6.07 Å². The van der Waals surface area contributed by atoms with Crippen LogP contribution >= 0.6 is 11.6 Å². The molecule has 1 heterocycles. The van der Waals surface area contributed by atoms with Gasteiger partial charge in [-0.2, -0.15) is 0 Å². The summed E-state index contributed by atoms with van der Waals surface area (Å²) in [4.78, 5) is 4.32. The number of hydrogen-bond acceptors (Lipinski definition) is 2. The van der Waals surface area contributed by atoms with Crippen LogP contribution in [-0.4, -0.2) is 10.9 Å². The van der Waals surface area contributed by atoms with Gasteiger partial charge in [0.1, 0.15) is 5.82 Å². The average Bonchev–Trinajstić information content (AvgIpc) is 2.30. The predicted octanol–water partition coefficient (Wildman–Crippen LogP) is 3.11. The first-order valence-corrected chi connectivity index (χ1v) is 5.71. The Morgan fingerprint density at radius 3 is 2.62 bits per heavy atom. The van der Waals surface area contributed by atoms with E-state index in [1.165, 1.54) is 5.56 Å².